The van der Waals surface area contributed by atoms with Crippen LogP contribution in [0.15, 0.2) is 63.5 Å². The van der Waals surface area contributed by atoms with Gasteiger partial charge >= 0.3 is 11.7 Å². The van der Waals surface area contributed by atoms with E-state index in [9.17, 15) is 24.8 Å². The fraction of sp³-hybridized carbons (Fsp3) is 0.174. The number of fused-ring (bicyclic) bond motifs is 1. The van der Waals surface area contributed by atoms with E-state index in [0.29, 0.717) is 26.6 Å². The van der Waals surface area contributed by atoms with E-state index >= 15 is 0 Å². The van der Waals surface area contributed by atoms with E-state index < -0.39 is 33.9 Å². The monoisotopic (exact) mass is 499 g/mol. The Bertz CT molecular complexity index is 1540. The molecule has 0 aliphatic carbocycles. The lowest BCUT2D eigenvalue weighted by molar-refractivity contribution is -0.385. The summed E-state index contributed by atoms with van der Waals surface area (Å²) < 4.78 is 6.87. The van der Waals surface area contributed by atoms with Crippen LogP contribution in [0.25, 0.3) is 6.08 Å². The minimum atomic E-state index is -0.861. The second-order valence-electron chi connectivity index (χ2n) is 7.33. The number of esters is 1. The summed E-state index contributed by atoms with van der Waals surface area (Å²) in [5, 5.41) is 21.2. The average molecular weight is 500 g/mol. The van der Waals surface area contributed by atoms with Crippen molar-refractivity contribution in [2.75, 3.05) is 6.61 Å². The lowest BCUT2D eigenvalue weighted by Crippen LogP contribution is -2.40. The predicted molar refractivity (Wildman–Crippen MR) is 127 cm³/mol. The molecule has 3 aromatic rings. The highest BCUT2D eigenvalue weighted by atomic mass is 35.5. The Morgan fingerprint density at radius 1 is 1.35 bits per heavy atom. The zero-order valence-electron chi connectivity index (χ0n) is 18.0. The zero-order valence-corrected chi connectivity index (χ0v) is 19.6. The number of hydrogen-bond donors (Lipinski definition) is 1. The number of thiazole rings is 1. The average Bonchev–Trinajstić information content (AvgIpc) is 3.09. The first-order chi connectivity index (χ1) is 16.2. The van der Waals surface area contributed by atoms with Crippen molar-refractivity contribution in [1.82, 2.24) is 4.57 Å². The third kappa shape index (κ3) is 4.13. The first kappa shape index (κ1) is 23.4. The van der Waals surface area contributed by atoms with E-state index in [4.69, 9.17) is 16.3 Å². The minimum Gasteiger partial charge on any atom is -0.502 e. The standard InChI is InChI=1S/C23H18ClN3O6S/c1-3-33-22(30)19-12(2)25-23-26(20(19)14-6-4-5-7-15(14)24)21(29)18(34-23)11-13-8-9-17(28)16(10-13)27(31)32/h4-11,20,28H,3H2,1-2H3/b18-11+/t20-/m0/s1. The molecule has 2 heterocycles. The van der Waals surface area contributed by atoms with Crippen LogP contribution in [0.5, 0.6) is 5.75 Å². The molecule has 0 saturated heterocycles. The highest BCUT2D eigenvalue weighted by Crippen LogP contribution is 2.34. The molecule has 11 heteroatoms. The number of phenolic OH excluding ortho intramolecular Hbond substituents is 1. The molecular weight excluding hydrogens is 482 g/mol. The van der Waals surface area contributed by atoms with Crippen molar-refractivity contribution >= 4 is 40.7 Å². The Balaban J connectivity index is 1.97. The van der Waals surface area contributed by atoms with Gasteiger partial charge in [0.1, 0.15) is 6.04 Å². The topological polar surface area (TPSA) is 124 Å². The molecule has 34 heavy (non-hydrogen) atoms. The fourth-order valence-corrected chi connectivity index (χ4v) is 5.00. The van der Waals surface area contributed by atoms with Gasteiger partial charge in [-0.1, -0.05) is 47.2 Å². The Kier molecular flexibility index (Phi) is 6.36. The molecule has 0 bridgehead atoms. The third-order valence-corrected chi connectivity index (χ3v) is 6.54. The lowest BCUT2D eigenvalue weighted by atomic mass is 9.96. The Morgan fingerprint density at radius 3 is 2.76 bits per heavy atom. The van der Waals surface area contributed by atoms with Gasteiger partial charge < -0.3 is 9.84 Å². The van der Waals surface area contributed by atoms with Gasteiger partial charge in [-0.05, 0) is 43.2 Å². The third-order valence-electron chi connectivity index (χ3n) is 5.21. The van der Waals surface area contributed by atoms with Gasteiger partial charge in [-0.3, -0.25) is 19.5 Å². The molecule has 0 amide bonds. The number of ether oxygens (including phenoxy) is 1. The van der Waals surface area contributed by atoms with Crippen molar-refractivity contribution in [3.05, 3.63) is 99.7 Å². The lowest BCUT2D eigenvalue weighted by Gasteiger charge is -2.25. The second kappa shape index (κ2) is 9.24. The first-order valence-corrected chi connectivity index (χ1v) is 11.3. The molecule has 4 rings (SSSR count). The summed E-state index contributed by atoms with van der Waals surface area (Å²) in [5.41, 5.74) is 0.569. The van der Waals surface area contributed by atoms with Crippen molar-refractivity contribution < 1.29 is 19.6 Å². The van der Waals surface area contributed by atoms with Gasteiger partial charge in [0.15, 0.2) is 10.6 Å². The number of allylic oxidation sites excluding steroid dienone is 1. The molecule has 1 aliphatic heterocycles. The molecule has 2 aromatic carbocycles. The molecular formula is C23H18ClN3O6S. The van der Waals surface area contributed by atoms with Gasteiger partial charge in [0, 0.05) is 11.1 Å². The Hall–Kier alpha value is -3.76. The molecule has 1 atom stereocenters. The maximum absolute atomic E-state index is 13.5. The summed E-state index contributed by atoms with van der Waals surface area (Å²) in [5.74, 6) is -1.07. The fourth-order valence-electron chi connectivity index (χ4n) is 3.71. The highest BCUT2D eigenvalue weighted by molar-refractivity contribution is 7.07. The molecule has 9 nitrogen and oxygen atoms in total. The minimum absolute atomic E-state index is 0.148. The molecule has 0 unspecified atom stereocenters. The van der Waals surface area contributed by atoms with Crippen molar-refractivity contribution in [1.29, 1.82) is 0 Å². The zero-order chi connectivity index (χ0) is 24.6. The maximum atomic E-state index is 13.5. The van der Waals surface area contributed by atoms with E-state index in [0.717, 1.165) is 11.3 Å². The molecule has 0 fully saturated rings. The molecule has 174 valence electrons. The van der Waals surface area contributed by atoms with Crippen LogP contribution < -0.4 is 14.9 Å². The molecule has 1 N–H and O–H groups in total. The van der Waals surface area contributed by atoms with Crippen molar-refractivity contribution in [3.8, 4) is 5.75 Å². The number of nitro benzene ring substituents is 1. The number of halogens is 1. The number of rotatable bonds is 5. The van der Waals surface area contributed by atoms with Gasteiger partial charge in [-0.25, -0.2) is 9.79 Å². The Morgan fingerprint density at radius 2 is 2.09 bits per heavy atom. The SMILES string of the molecule is CCOC(=O)C1=C(C)N=c2s/c(=C/c3ccc(O)c([N+](=O)[O-])c3)c(=O)n2[C@H]1c1ccccc1Cl. The van der Waals surface area contributed by atoms with E-state index in [1.165, 1.54) is 28.8 Å². The van der Waals surface area contributed by atoms with Crippen LogP contribution >= 0.6 is 22.9 Å². The van der Waals surface area contributed by atoms with Crippen LogP contribution in [-0.2, 0) is 9.53 Å². The number of benzene rings is 2. The van der Waals surface area contributed by atoms with Gasteiger partial charge in [0.25, 0.3) is 5.56 Å². The van der Waals surface area contributed by atoms with Crippen LogP contribution in [-0.4, -0.2) is 27.2 Å². The summed E-state index contributed by atoms with van der Waals surface area (Å²) in [7, 11) is 0. The number of nitrogens with zero attached hydrogens (tertiary/aromatic N) is 3. The second-order valence-corrected chi connectivity index (χ2v) is 8.75. The van der Waals surface area contributed by atoms with Crippen molar-refractivity contribution in [2.45, 2.75) is 19.9 Å². The van der Waals surface area contributed by atoms with Crippen molar-refractivity contribution in [2.24, 2.45) is 4.99 Å². The van der Waals surface area contributed by atoms with Gasteiger partial charge in [0.2, 0.25) is 0 Å². The molecule has 0 radical (unpaired) electrons. The summed E-state index contributed by atoms with van der Waals surface area (Å²) in [6.45, 7) is 3.50. The van der Waals surface area contributed by atoms with Gasteiger partial charge in [0.05, 0.1) is 27.3 Å². The van der Waals surface area contributed by atoms with E-state index in [1.807, 2.05) is 0 Å². The number of aromatic nitrogens is 1. The molecule has 1 aromatic heterocycles. The summed E-state index contributed by atoms with van der Waals surface area (Å²) >= 11 is 7.53. The van der Waals surface area contributed by atoms with E-state index in [-0.39, 0.29) is 16.7 Å². The maximum Gasteiger partial charge on any atom is 0.338 e. The number of hydrogen-bond acceptors (Lipinski definition) is 8. The summed E-state index contributed by atoms with van der Waals surface area (Å²) in [6.07, 6.45) is 1.48. The van der Waals surface area contributed by atoms with Crippen LogP contribution in [0.3, 0.4) is 0 Å². The van der Waals surface area contributed by atoms with Crippen molar-refractivity contribution in [3.63, 3.8) is 0 Å². The Labute approximate surface area is 201 Å². The van der Waals surface area contributed by atoms with Crippen LogP contribution in [0.2, 0.25) is 5.02 Å². The van der Waals surface area contributed by atoms with Crippen LogP contribution in [0, 0.1) is 10.1 Å². The quantitative estimate of drug-likeness (QED) is 0.327. The number of carbonyl (C=O) groups excluding carboxylic acids is 1. The number of phenols is 1. The summed E-state index contributed by atoms with van der Waals surface area (Å²) in [6, 6.07) is 9.86. The molecule has 1 aliphatic rings. The van der Waals surface area contributed by atoms with E-state index in [2.05, 4.69) is 4.99 Å². The smallest absolute Gasteiger partial charge is 0.338 e. The normalized spacial score (nSPS) is 15.6. The van der Waals surface area contributed by atoms with Gasteiger partial charge in [-0.2, -0.15) is 0 Å². The summed E-state index contributed by atoms with van der Waals surface area (Å²) in [4.78, 5) is 41.7. The molecule has 0 spiro atoms. The van der Waals surface area contributed by atoms with Crippen LogP contribution in [0.4, 0.5) is 5.69 Å². The highest BCUT2D eigenvalue weighted by Gasteiger charge is 2.34. The van der Waals surface area contributed by atoms with Gasteiger partial charge in [-0.15, -0.1) is 0 Å². The predicted octanol–water partition coefficient (Wildman–Crippen LogP) is 3.07. The largest absolute Gasteiger partial charge is 0.502 e. The van der Waals surface area contributed by atoms with Crippen LogP contribution in [0.1, 0.15) is 31.0 Å². The number of carbonyl (C=O) groups is 1. The molecule has 0 saturated carbocycles. The van der Waals surface area contributed by atoms with E-state index in [1.54, 1.807) is 38.1 Å². The number of nitro groups is 1. The first-order valence-electron chi connectivity index (χ1n) is 10.1. The number of aromatic hydroxyl groups is 1.